The Hall–Kier alpha value is -2.49. The molecule has 33 heavy (non-hydrogen) atoms. The summed E-state index contributed by atoms with van der Waals surface area (Å²) in [7, 11) is -3.38. The molecule has 0 saturated carbocycles. The van der Waals surface area contributed by atoms with Crippen LogP contribution in [0.1, 0.15) is 19.4 Å². The predicted molar refractivity (Wildman–Crippen MR) is 128 cm³/mol. The first-order valence-electron chi connectivity index (χ1n) is 10.0. The fraction of sp³-hybridized carbons (Fsp3) is 0.364. The van der Waals surface area contributed by atoms with Crippen LogP contribution in [0.15, 0.2) is 42.5 Å². The van der Waals surface area contributed by atoms with Crippen molar-refractivity contribution >= 4 is 50.8 Å². The van der Waals surface area contributed by atoms with Crippen LogP contribution >= 0.6 is 23.2 Å². The third kappa shape index (κ3) is 9.89. The number of sulfonamides is 1. The van der Waals surface area contributed by atoms with Crippen LogP contribution in [-0.2, 0) is 30.8 Å². The lowest BCUT2D eigenvalue weighted by molar-refractivity contribution is -0.151. The third-order valence-electron chi connectivity index (χ3n) is 4.45. The molecule has 8 nitrogen and oxygen atoms in total. The first kappa shape index (κ1) is 26.8. The third-order valence-corrected chi connectivity index (χ3v) is 5.80. The minimum atomic E-state index is -3.38. The Balaban J connectivity index is 2.00. The van der Waals surface area contributed by atoms with Gasteiger partial charge in [0.1, 0.15) is 12.4 Å². The van der Waals surface area contributed by atoms with Crippen LogP contribution in [0.25, 0.3) is 0 Å². The Morgan fingerprint density at radius 2 is 1.73 bits per heavy atom. The number of rotatable bonds is 11. The van der Waals surface area contributed by atoms with Crippen LogP contribution in [0.2, 0.25) is 10.0 Å². The van der Waals surface area contributed by atoms with Crippen LogP contribution in [0.5, 0.6) is 5.75 Å². The van der Waals surface area contributed by atoms with Crippen molar-refractivity contribution in [3.8, 4) is 5.75 Å². The highest BCUT2D eigenvalue weighted by molar-refractivity contribution is 7.92. The van der Waals surface area contributed by atoms with Crippen LogP contribution in [0.3, 0.4) is 0 Å². The number of halogens is 2. The smallest absolute Gasteiger partial charge is 0.303 e. The molecule has 0 aliphatic rings. The second-order valence-corrected chi connectivity index (χ2v) is 9.97. The van der Waals surface area contributed by atoms with Crippen molar-refractivity contribution in [3.05, 3.63) is 58.1 Å². The topological polar surface area (TPSA) is 102 Å². The molecule has 0 heterocycles. The lowest BCUT2D eigenvalue weighted by Crippen LogP contribution is -2.41. The van der Waals surface area contributed by atoms with Gasteiger partial charge in [-0.15, -0.1) is 0 Å². The zero-order valence-electron chi connectivity index (χ0n) is 18.5. The monoisotopic (exact) mass is 516 g/mol. The number of carbonyl (C=O) groups is 2. The molecule has 0 aliphatic carbocycles. The van der Waals surface area contributed by atoms with Crippen LogP contribution < -0.4 is 9.46 Å². The fourth-order valence-electron chi connectivity index (χ4n) is 2.96. The number of benzene rings is 2. The summed E-state index contributed by atoms with van der Waals surface area (Å²) in [5.41, 5.74) is 1.31. The molecule has 0 spiro atoms. The van der Waals surface area contributed by atoms with Gasteiger partial charge in [0.15, 0.2) is 6.10 Å². The van der Waals surface area contributed by atoms with Gasteiger partial charge in [-0.1, -0.05) is 29.3 Å². The summed E-state index contributed by atoms with van der Waals surface area (Å²) in [5.74, 6) is -0.218. The van der Waals surface area contributed by atoms with Gasteiger partial charge in [-0.3, -0.25) is 14.3 Å². The molecule has 0 unspecified atom stereocenters. The van der Waals surface area contributed by atoms with Gasteiger partial charge in [-0.2, -0.15) is 0 Å². The van der Waals surface area contributed by atoms with E-state index < -0.39 is 22.1 Å². The molecule has 0 fully saturated rings. The Kier molecular flexibility index (Phi) is 9.82. The highest BCUT2D eigenvalue weighted by Gasteiger charge is 2.20. The first-order valence-corrected chi connectivity index (χ1v) is 12.6. The van der Waals surface area contributed by atoms with E-state index in [2.05, 4.69) is 4.72 Å². The van der Waals surface area contributed by atoms with Crippen molar-refractivity contribution in [3.63, 3.8) is 0 Å². The second-order valence-electron chi connectivity index (χ2n) is 7.40. The normalized spacial score (nSPS) is 12.0. The highest BCUT2D eigenvalue weighted by atomic mass is 35.5. The summed E-state index contributed by atoms with van der Waals surface area (Å²) < 4.78 is 36.0. The summed E-state index contributed by atoms with van der Waals surface area (Å²) in [6.45, 7) is 3.26. The second kappa shape index (κ2) is 12.1. The van der Waals surface area contributed by atoms with Gasteiger partial charge in [0.25, 0.3) is 0 Å². The zero-order valence-corrected chi connectivity index (χ0v) is 20.8. The maximum absolute atomic E-state index is 12.2. The molecule has 0 aliphatic heterocycles. The molecule has 2 aromatic rings. The quantitative estimate of drug-likeness (QED) is 0.456. The Labute approximate surface area is 203 Å². The number of carbonyl (C=O) groups excluding carboxylic acids is 2. The molecular formula is C22H26Cl2N2O6S. The zero-order chi connectivity index (χ0) is 24.6. The lowest BCUT2D eigenvalue weighted by atomic mass is 10.1. The number of anilines is 1. The van der Waals surface area contributed by atoms with Gasteiger partial charge in [-0.05, 0) is 48.4 Å². The molecule has 0 aromatic heterocycles. The van der Waals surface area contributed by atoms with Crippen molar-refractivity contribution < 1.29 is 27.5 Å². The maximum atomic E-state index is 12.2. The van der Waals surface area contributed by atoms with Gasteiger partial charge in [0.05, 0.1) is 22.8 Å². The largest absolute Gasteiger partial charge is 0.490 e. The van der Waals surface area contributed by atoms with Crippen molar-refractivity contribution in [2.45, 2.75) is 26.4 Å². The first-order chi connectivity index (χ1) is 15.4. The molecule has 0 saturated heterocycles. The number of amides is 1. The predicted octanol–water partition coefficient (Wildman–Crippen LogP) is 3.77. The molecule has 0 radical (unpaired) electrons. The summed E-state index contributed by atoms with van der Waals surface area (Å²) in [5, 5.41) is 0.892. The minimum absolute atomic E-state index is 0.00891. The highest BCUT2D eigenvalue weighted by Crippen LogP contribution is 2.23. The summed E-state index contributed by atoms with van der Waals surface area (Å²) in [6.07, 6.45) is 0.900. The van der Waals surface area contributed by atoms with Gasteiger partial charge in [0.2, 0.25) is 15.9 Å². The summed E-state index contributed by atoms with van der Waals surface area (Å²) in [4.78, 5) is 25.3. The molecule has 180 valence electrons. The van der Waals surface area contributed by atoms with Crippen LogP contribution in [-0.4, -0.2) is 57.3 Å². The van der Waals surface area contributed by atoms with E-state index in [1.54, 1.807) is 41.3 Å². The van der Waals surface area contributed by atoms with E-state index >= 15 is 0 Å². The number of ether oxygens (including phenoxy) is 2. The van der Waals surface area contributed by atoms with Gasteiger partial charge < -0.3 is 14.4 Å². The van der Waals surface area contributed by atoms with Gasteiger partial charge >= 0.3 is 5.97 Å². The average molecular weight is 517 g/mol. The maximum Gasteiger partial charge on any atom is 0.303 e. The summed E-state index contributed by atoms with van der Waals surface area (Å²) in [6, 6.07) is 11.6. The van der Waals surface area contributed by atoms with E-state index in [1.807, 2.05) is 6.07 Å². The average Bonchev–Trinajstić information content (AvgIpc) is 2.71. The Morgan fingerprint density at radius 1 is 1.06 bits per heavy atom. The molecule has 11 heteroatoms. The fourth-order valence-corrected chi connectivity index (χ4v) is 3.85. The number of esters is 1. The van der Waals surface area contributed by atoms with E-state index in [9.17, 15) is 18.0 Å². The molecular weight excluding hydrogens is 491 g/mol. The molecule has 2 rings (SSSR count). The number of nitrogens with zero attached hydrogens (tertiary/aromatic N) is 1. The standard InChI is InChI=1S/C22H26Cl2N2O6S/c1-15(27)26(11-10-17-4-9-21(23)22(24)12-17)13-20(32-16(2)28)14-31-19-7-5-18(6-8-19)25-33(3,29)30/h4-9,12,20,25H,10-11,13-14H2,1-3H3/t20-/m1/s1. The number of nitrogens with one attached hydrogen (secondary N) is 1. The Bertz CT molecular complexity index is 1080. The molecule has 0 bridgehead atoms. The van der Waals surface area contributed by atoms with Crippen LogP contribution in [0, 0.1) is 0 Å². The number of hydrogen-bond acceptors (Lipinski definition) is 6. The lowest BCUT2D eigenvalue weighted by Gasteiger charge is -2.26. The van der Waals surface area contributed by atoms with E-state index in [0.717, 1.165) is 11.8 Å². The van der Waals surface area contributed by atoms with Gasteiger partial charge in [0, 0.05) is 26.1 Å². The van der Waals surface area contributed by atoms with Crippen molar-refractivity contribution in [2.24, 2.45) is 0 Å². The molecule has 2 aromatic carbocycles. The van der Waals surface area contributed by atoms with E-state index in [0.29, 0.717) is 34.4 Å². The van der Waals surface area contributed by atoms with Crippen molar-refractivity contribution in [2.75, 3.05) is 30.7 Å². The number of hydrogen-bond donors (Lipinski definition) is 1. The van der Waals surface area contributed by atoms with Crippen molar-refractivity contribution in [1.29, 1.82) is 0 Å². The van der Waals surface area contributed by atoms with Crippen LogP contribution in [0.4, 0.5) is 5.69 Å². The molecule has 1 atom stereocenters. The van der Waals surface area contributed by atoms with Crippen molar-refractivity contribution in [1.82, 2.24) is 4.90 Å². The van der Waals surface area contributed by atoms with E-state index in [-0.39, 0.29) is 19.1 Å². The molecule has 1 amide bonds. The summed E-state index contributed by atoms with van der Waals surface area (Å²) >= 11 is 12.0. The van der Waals surface area contributed by atoms with E-state index in [4.69, 9.17) is 32.7 Å². The Morgan fingerprint density at radius 3 is 2.27 bits per heavy atom. The molecule has 1 N–H and O–H groups in total. The van der Waals surface area contributed by atoms with E-state index in [1.165, 1.54) is 13.8 Å². The SMILES string of the molecule is CC(=O)O[C@@H](COc1ccc(NS(C)(=O)=O)cc1)CN(CCc1ccc(Cl)c(Cl)c1)C(C)=O. The van der Waals surface area contributed by atoms with Gasteiger partial charge in [-0.25, -0.2) is 8.42 Å². The minimum Gasteiger partial charge on any atom is -0.490 e.